The molecule has 0 atom stereocenters. The fraction of sp³-hybridized carbons (Fsp3) is 0.500. The number of benzene rings is 1. The van der Waals surface area contributed by atoms with E-state index in [2.05, 4.69) is 15.9 Å². The molecule has 0 aliphatic rings. The van der Waals surface area contributed by atoms with Crippen LogP contribution in [0.2, 0.25) is 0 Å². The fourth-order valence-electron chi connectivity index (χ4n) is 1.93. The summed E-state index contributed by atoms with van der Waals surface area (Å²) >= 11 is 3.43. The van der Waals surface area contributed by atoms with Gasteiger partial charge in [-0.1, -0.05) is 35.8 Å². The molecule has 1 amide bonds. The van der Waals surface area contributed by atoms with Gasteiger partial charge in [0.1, 0.15) is 6.54 Å². The monoisotopic (exact) mass is 355 g/mol. The minimum absolute atomic E-state index is 0.0175. The lowest BCUT2D eigenvalue weighted by Gasteiger charge is -2.24. The molecule has 0 fully saturated rings. The maximum atomic E-state index is 12.6. The van der Waals surface area contributed by atoms with Gasteiger partial charge in [0, 0.05) is 16.6 Å². The molecular weight excluding hydrogens is 334 g/mol. The van der Waals surface area contributed by atoms with Crippen LogP contribution in [0, 0.1) is 12.8 Å². The van der Waals surface area contributed by atoms with E-state index in [0.29, 0.717) is 18.7 Å². The molecule has 0 heterocycles. The first-order valence-corrected chi connectivity index (χ1v) is 7.85. The van der Waals surface area contributed by atoms with Gasteiger partial charge in [-0.25, -0.2) is 0 Å². The topological polar surface area (TPSA) is 46.6 Å². The van der Waals surface area contributed by atoms with Gasteiger partial charge in [0.25, 0.3) is 5.91 Å². The number of hydrogen-bond donors (Lipinski definition) is 0. The van der Waals surface area contributed by atoms with Crippen molar-refractivity contribution in [2.45, 2.75) is 27.7 Å². The van der Waals surface area contributed by atoms with Crippen molar-refractivity contribution in [3.63, 3.8) is 0 Å². The zero-order valence-electron chi connectivity index (χ0n) is 13.0. The Hall–Kier alpha value is -1.36. The number of carbonyl (C=O) groups is 2. The van der Waals surface area contributed by atoms with Crippen LogP contribution in [0.25, 0.3) is 0 Å². The summed E-state index contributed by atoms with van der Waals surface area (Å²) in [5, 5.41) is 0. The normalized spacial score (nSPS) is 10.6. The van der Waals surface area contributed by atoms with Crippen molar-refractivity contribution < 1.29 is 14.3 Å². The first kappa shape index (κ1) is 17.7. The molecule has 0 aliphatic heterocycles. The van der Waals surface area contributed by atoms with E-state index in [4.69, 9.17) is 4.74 Å². The van der Waals surface area contributed by atoms with Gasteiger partial charge in [-0.2, -0.15) is 0 Å². The van der Waals surface area contributed by atoms with Crippen molar-refractivity contribution >= 4 is 27.8 Å². The molecule has 0 aromatic heterocycles. The van der Waals surface area contributed by atoms with Crippen LogP contribution < -0.4 is 0 Å². The molecule has 0 aliphatic carbocycles. The summed E-state index contributed by atoms with van der Waals surface area (Å²) in [4.78, 5) is 25.8. The number of aryl methyl sites for hydroxylation is 1. The maximum absolute atomic E-state index is 12.6. The largest absolute Gasteiger partial charge is 0.465 e. The predicted octanol–water partition coefficient (Wildman–Crippen LogP) is 3.42. The Balaban J connectivity index is 2.92. The van der Waals surface area contributed by atoms with Gasteiger partial charge in [0.15, 0.2) is 0 Å². The first-order chi connectivity index (χ1) is 9.85. The molecule has 0 unspecified atom stereocenters. The molecule has 0 radical (unpaired) electrons. The molecule has 0 spiro atoms. The minimum atomic E-state index is -0.377. The predicted molar refractivity (Wildman–Crippen MR) is 86.3 cm³/mol. The fourth-order valence-corrected chi connectivity index (χ4v) is 2.31. The summed E-state index contributed by atoms with van der Waals surface area (Å²) in [6.45, 7) is 8.55. The van der Waals surface area contributed by atoms with Crippen molar-refractivity contribution in [2.24, 2.45) is 5.92 Å². The third-order valence-electron chi connectivity index (χ3n) is 2.92. The second-order valence-corrected chi connectivity index (χ2v) is 6.20. The highest BCUT2D eigenvalue weighted by Gasteiger charge is 2.20. The van der Waals surface area contributed by atoms with Gasteiger partial charge in [-0.15, -0.1) is 0 Å². The highest BCUT2D eigenvalue weighted by Crippen LogP contribution is 2.19. The molecule has 0 saturated carbocycles. The second kappa shape index (κ2) is 8.17. The summed E-state index contributed by atoms with van der Waals surface area (Å²) in [7, 11) is 0. The van der Waals surface area contributed by atoms with Gasteiger partial charge < -0.3 is 9.64 Å². The molecule has 1 aromatic carbocycles. The van der Waals surface area contributed by atoms with Gasteiger partial charge in [0.2, 0.25) is 0 Å². The van der Waals surface area contributed by atoms with E-state index >= 15 is 0 Å². The van der Waals surface area contributed by atoms with Crippen molar-refractivity contribution in [3.8, 4) is 0 Å². The van der Waals surface area contributed by atoms with E-state index in [-0.39, 0.29) is 24.3 Å². The Labute approximate surface area is 134 Å². The number of rotatable bonds is 6. The zero-order chi connectivity index (χ0) is 16.0. The number of halogens is 1. The van der Waals surface area contributed by atoms with Crippen LogP contribution in [-0.2, 0) is 9.53 Å². The standard InChI is InChI=1S/C16H22BrNO3/c1-5-21-15(19)10-18(9-11(2)3)16(20)13-7-6-12(4)14(17)8-13/h6-8,11H,5,9-10H2,1-4H3. The van der Waals surface area contributed by atoms with Crippen LogP contribution >= 0.6 is 15.9 Å². The SMILES string of the molecule is CCOC(=O)CN(CC(C)C)C(=O)c1ccc(C)c(Br)c1. The Morgan fingerprint density at radius 1 is 1.33 bits per heavy atom. The average molecular weight is 356 g/mol. The molecule has 5 heteroatoms. The Kier molecular flexibility index (Phi) is 6.89. The van der Waals surface area contributed by atoms with E-state index in [9.17, 15) is 9.59 Å². The van der Waals surface area contributed by atoms with Crippen molar-refractivity contribution in [1.29, 1.82) is 0 Å². The lowest BCUT2D eigenvalue weighted by molar-refractivity contribution is -0.143. The second-order valence-electron chi connectivity index (χ2n) is 5.35. The number of ether oxygens (including phenoxy) is 1. The Morgan fingerprint density at radius 2 is 2.00 bits per heavy atom. The number of esters is 1. The summed E-state index contributed by atoms with van der Waals surface area (Å²) in [5.74, 6) is -0.257. The molecule has 21 heavy (non-hydrogen) atoms. The minimum Gasteiger partial charge on any atom is -0.465 e. The quantitative estimate of drug-likeness (QED) is 0.734. The zero-order valence-corrected chi connectivity index (χ0v) is 14.6. The average Bonchev–Trinajstić information content (AvgIpc) is 2.40. The van der Waals surface area contributed by atoms with E-state index in [1.807, 2.05) is 26.8 Å². The molecule has 1 aromatic rings. The van der Waals surface area contributed by atoms with E-state index < -0.39 is 0 Å². The van der Waals surface area contributed by atoms with E-state index in [1.165, 1.54) is 0 Å². The van der Waals surface area contributed by atoms with Crippen LogP contribution in [0.1, 0.15) is 36.7 Å². The van der Waals surface area contributed by atoms with Gasteiger partial charge in [0.05, 0.1) is 6.61 Å². The van der Waals surface area contributed by atoms with Gasteiger partial charge in [-0.05, 0) is 37.5 Å². The highest BCUT2D eigenvalue weighted by atomic mass is 79.9. The third-order valence-corrected chi connectivity index (χ3v) is 3.77. The molecule has 0 saturated heterocycles. The first-order valence-electron chi connectivity index (χ1n) is 7.06. The molecule has 116 valence electrons. The molecule has 1 rings (SSSR count). The van der Waals surface area contributed by atoms with Crippen molar-refractivity contribution in [2.75, 3.05) is 19.7 Å². The molecule has 0 N–H and O–H groups in total. The van der Waals surface area contributed by atoms with Crippen LogP contribution in [0.5, 0.6) is 0 Å². The molecule has 0 bridgehead atoms. The maximum Gasteiger partial charge on any atom is 0.325 e. The summed E-state index contributed by atoms with van der Waals surface area (Å²) in [6, 6.07) is 5.45. The van der Waals surface area contributed by atoms with Gasteiger partial charge >= 0.3 is 5.97 Å². The summed E-state index contributed by atoms with van der Waals surface area (Å²) < 4.78 is 5.82. The number of nitrogens with zero attached hydrogens (tertiary/aromatic N) is 1. The van der Waals surface area contributed by atoms with Crippen molar-refractivity contribution in [3.05, 3.63) is 33.8 Å². The summed E-state index contributed by atoms with van der Waals surface area (Å²) in [6.07, 6.45) is 0. The van der Waals surface area contributed by atoms with Crippen LogP contribution in [-0.4, -0.2) is 36.5 Å². The number of hydrogen-bond acceptors (Lipinski definition) is 3. The van der Waals surface area contributed by atoms with Crippen LogP contribution in [0.15, 0.2) is 22.7 Å². The summed E-state index contributed by atoms with van der Waals surface area (Å²) in [5.41, 5.74) is 1.63. The van der Waals surface area contributed by atoms with Gasteiger partial charge in [-0.3, -0.25) is 9.59 Å². The van der Waals surface area contributed by atoms with Crippen LogP contribution in [0.4, 0.5) is 0 Å². The lowest BCUT2D eigenvalue weighted by Crippen LogP contribution is -2.39. The third kappa shape index (κ3) is 5.50. The highest BCUT2D eigenvalue weighted by molar-refractivity contribution is 9.10. The Morgan fingerprint density at radius 3 is 2.52 bits per heavy atom. The smallest absolute Gasteiger partial charge is 0.325 e. The van der Waals surface area contributed by atoms with E-state index in [0.717, 1.165) is 10.0 Å². The number of amides is 1. The number of carbonyl (C=O) groups excluding carboxylic acids is 2. The molecule has 4 nitrogen and oxygen atoms in total. The van der Waals surface area contributed by atoms with Crippen molar-refractivity contribution in [1.82, 2.24) is 4.90 Å². The van der Waals surface area contributed by atoms with Crippen LogP contribution in [0.3, 0.4) is 0 Å². The Bertz CT molecular complexity index is 514. The van der Waals surface area contributed by atoms with E-state index in [1.54, 1.807) is 24.0 Å². The lowest BCUT2D eigenvalue weighted by atomic mass is 10.1. The molecular formula is C16H22BrNO3.